The van der Waals surface area contributed by atoms with Crippen LogP contribution in [0.1, 0.15) is 52.0 Å². The van der Waals surface area contributed by atoms with Crippen LogP contribution in [0.4, 0.5) is 17.1 Å². The number of carbonyl (C=O) groups is 1. The molecular formula is C25H34N4O3. The van der Waals surface area contributed by atoms with Gasteiger partial charge < -0.3 is 19.7 Å². The maximum atomic E-state index is 12.4. The van der Waals surface area contributed by atoms with E-state index in [9.17, 15) is 4.79 Å². The second kappa shape index (κ2) is 9.45. The Morgan fingerprint density at radius 1 is 1.25 bits per heavy atom. The first-order chi connectivity index (χ1) is 15.4. The Balaban J connectivity index is 1.74. The van der Waals surface area contributed by atoms with Crippen molar-refractivity contribution in [1.82, 2.24) is 9.97 Å². The molecule has 2 heterocycles. The Hall–Kier alpha value is -2.67. The summed E-state index contributed by atoms with van der Waals surface area (Å²) < 4.78 is 10.7. The highest BCUT2D eigenvalue weighted by Crippen LogP contribution is 2.50. The number of carbonyl (C=O) groups excluding carboxylic acids is 1. The molecule has 0 spiro atoms. The van der Waals surface area contributed by atoms with Crippen LogP contribution in [0.25, 0.3) is 0 Å². The Bertz CT molecular complexity index is 935. The molecule has 1 aliphatic heterocycles. The Morgan fingerprint density at radius 3 is 2.50 bits per heavy atom. The van der Waals surface area contributed by atoms with Crippen molar-refractivity contribution in [1.29, 1.82) is 0 Å². The highest BCUT2D eigenvalue weighted by molar-refractivity contribution is 5.92. The number of hydrogen-bond donors (Lipinski definition) is 1. The third kappa shape index (κ3) is 4.72. The van der Waals surface area contributed by atoms with Gasteiger partial charge in [0.1, 0.15) is 5.78 Å². The highest BCUT2D eigenvalue weighted by atomic mass is 16.5. The monoisotopic (exact) mass is 438 g/mol. The number of ether oxygens (including phenoxy) is 2. The maximum absolute atomic E-state index is 12.4. The number of nitrogens with one attached hydrogen (secondary N) is 1. The van der Waals surface area contributed by atoms with Gasteiger partial charge in [-0.1, -0.05) is 19.9 Å². The molecule has 0 atom stereocenters. The summed E-state index contributed by atoms with van der Waals surface area (Å²) in [6.07, 6.45) is 7.31. The number of nitrogens with zero attached hydrogens (tertiary/aromatic N) is 3. The summed E-state index contributed by atoms with van der Waals surface area (Å²) in [7, 11) is 1.55. The Kier molecular flexibility index (Phi) is 6.65. The van der Waals surface area contributed by atoms with Crippen molar-refractivity contribution in [3.8, 4) is 6.01 Å². The molecule has 1 aliphatic carbocycles. The Labute approximate surface area is 190 Å². The third-order valence-corrected chi connectivity index (χ3v) is 6.57. The summed E-state index contributed by atoms with van der Waals surface area (Å²) in [5, 5.41) is 3.53. The van der Waals surface area contributed by atoms with E-state index in [1.54, 1.807) is 26.4 Å². The maximum Gasteiger partial charge on any atom is 0.316 e. The fourth-order valence-electron chi connectivity index (χ4n) is 4.63. The van der Waals surface area contributed by atoms with Crippen LogP contribution in [0.2, 0.25) is 0 Å². The van der Waals surface area contributed by atoms with Crippen molar-refractivity contribution < 1.29 is 14.3 Å². The summed E-state index contributed by atoms with van der Waals surface area (Å²) in [6.45, 7) is 8.74. The van der Waals surface area contributed by atoms with Crippen molar-refractivity contribution in [3.63, 3.8) is 0 Å². The van der Waals surface area contributed by atoms with Gasteiger partial charge in [-0.05, 0) is 56.2 Å². The van der Waals surface area contributed by atoms with E-state index in [0.29, 0.717) is 18.0 Å². The van der Waals surface area contributed by atoms with Gasteiger partial charge in [-0.3, -0.25) is 4.79 Å². The lowest BCUT2D eigenvalue weighted by Gasteiger charge is -2.38. The van der Waals surface area contributed by atoms with Crippen LogP contribution in [0.3, 0.4) is 0 Å². The second-order valence-electron chi connectivity index (χ2n) is 9.34. The zero-order chi connectivity index (χ0) is 22.7. The Morgan fingerprint density at radius 2 is 1.94 bits per heavy atom. The molecule has 1 saturated carbocycles. The van der Waals surface area contributed by atoms with Crippen molar-refractivity contribution in [2.45, 2.75) is 57.9 Å². The summed E-state index contributed by atoms with van der Waals surface area (Å²) in [5.41, 5.74) is 3.67. The van der Waals surface area contributed by atoms with E-state index >= 15 is 0 Å². The van der Waals surface area contributed by atoms with Gasteiger partial charge in [0.25, 0.3) is 0 Å². The van der Waals surface area contributed by atoms with E-state index in [1.807, 2.05) is 0 Å². The molecule has 172 valence electrons. The minimum Gasteiger partial charge on any atom is -0.467 e. The first kappa shape index (κ1) is 22.5. The molecule has 1 aromatic carbocycles. The van der Waals surface area contributed by atoms with Crippen molar-refractivity contribution in [2.24, 2.45) is 5.92 Å². The number of methoxy groups -OCH3 is 1. The molecule has 0 radical (unpaired) electrons. The third-order valence-electron chi connectivity index (χ3n) is 6.57. The molecule has 0 unspecified atom stereocenters. The molecule has 0 amide bonds. The van der Waals surface area contributed by atoms with Gasteiger partial charge >= 0.3 is 6.01 Å². The van der Waals surface area contributed by atoms with E-state index in [1.165, 1.54) is 0 Å². The number of ketones is 1. The first-order valence-corrected chi connectivity index (χ1v) is 11.6. The molecule has 0 bridgehead atoms. The van der Waals surface area contributed by atoms with E-state index < -0.39 is 0 Å². The van der Waals surface area contributed by atoms with Crippen LogP contribution >= 0.6 is 0 Å². The predicted octanol–water partition coefficient (Wildman–Crippen LogP) is 4.49. The smallest absolute Gasteiger partial charge is 0.316 e. The molecule has 2 fully saturated rings. The summed E-state index contributed by atoms with van der Waals surface area (Å²) >= 11 is 0. The van der Waals surface area contributed by atoms with Gasteiger partial charge in [0.15, 0.2) is 0 Å². The van der Waals surface area contributed by atoms with Crippen molar-refractivity contribution in [2.75, 3.05) is 37.1 Å². The minimum atomic E-state index is -0.326. The molecule has 2 aromatic rings. The van der Waals surface area contributed by atoms with Gasteiger partial charge in [0.05, 0.1) is 42.0 Å². The fourth-order valence-corrected chi connectivity index (χ4v) is 4.63. The van der Waals surface area contributed by atoms with E-state index in [-0.39, 0.29) is 11.2 Å². The van der Waals surface area contributed by atoms with Crippen LogP contribution < -0.4 is 15.0 Å². The number of benzene rings is 1. The molecule has 2 aliphatic rings. The van der Waals surface area contributed by atoms with Crippen LogP contribution in [-0.4, -0.2) is 48.7 Å². The molecule has 4 rings (SSSR count). The topological polar surface area (TPSA) is 76.6 Å². The summed E-state index contributed by atoms with van der Waals surface area (Å²) in [5.74, 6) is 0.758. The second-order valence-corrected chi connectivity index (χ2v) is 9.34. The zero-order valence-corrected chi connectivity index (χ0v) is 19.6. The van der Waals surface area contributed by atoms with Crippen LogP contribution in [0.15, 0.2) is 30.6 Å². The van der Waals surface area contributed by atoms with E-state index in [0.717, 1.165) is 68.1 Å². The lowest BCUT2D eigenvalue weighted by molar-refractivity contribution is -0.119. The average Bonchev–Trinajstić information content (AvgIpc) is 3.61. The summed E-state index contributed by atoms with van der Waals surface area (Å²) in [6, 6.07) is 7.24. The predicted molar refractivity (Wildman–Crippen MR) is 126 cm³/mol. The SMILES string of the molecule is COc1ncc(Nc2cc(C3(C(C)=O)CC3)ccc2N(CC(C)C)C2CCOCC2)cn1. The fraction of sp³-hybridized carbons (Fsp3) is 0.560. The number of rotatable bonds is 9. The van der Waals surface area contributed by atoms with Crippen LogP contribution in [0, 0.1) is 5.92 Å². The van der Waals surface area contributed by atoms with Gasteiger partial charge in [-0.2, -0.15) is 0 Å². The van der Waals surface area contributed by atoms with Crippen molar-refractivity contribution >= 4 is 22.8 Å². The quantitative estimate of drug-likeness (QED) is 0.618. The lowest BCUT2D eigenvalue weighted by Crippen LogP contribution is -2.42. The van der Waals surface area contributed by atoms with Gasteiger partial charge in [0, 0.05) is 25.8 Å². The van der Waals surface area contributed by atoms with E-state index in [2.05, 4.69) is 52.2 Å². The largest absolute Gasteiger partial charge is 0.467 e. The molecule has 1 saturated heterocycles. The number of Topliss-reactive ketones (excluding diaryl/α,β-unsaturated/α-hetero) is 1. The van der Waals surface area contributed by atoms with Crippen LogP contribution in [0.5, 0.6) is 6.01 Å². The minimum absolute atomic E-state index is 0.243. The van der Waals surface area contributed by atoms with Crippen molar-refractivity contribution in [3.05, 3.63) is 36.2 Å². The van der Waals surface area contributed by atoms with Gasteiger partial charge in [-0.25, -0.2) is 9.97 Å². The van der Waals surface area contributed by atoms with Crippen LogP contribution in [-0.2, 0) is 14.9 Å². The number of aromatic nitrogens is 2. The molecule has 32 heavy (non-hydrogen) atoms. The standard InChI is InChI=1S/C25H34N4O3/c1-17(2)16-29(21-7-11-32-12-8-21)23-6-5-19(25(9-10-25)18(3)30)13-22(23)28-20-14-26-24(31-4)27-15-20/h5-6,13-15,17,21,28H,7-12,16H2,1-4H3. The summed E-state index contributed by atoms with van der Waals surface area (Å²) in [4.78, 5) is 23.4. The van der Waals surface area contributed by atoms with Gasteiger partial charge in [0.2, 0.25) is 0 Å². The number of hydrogen-bond acceptors (Lipinski definition) is 7. The molecule has 7 nitrogen and oxygen atoms in total. The normalized spacial score (nSPS) is 17.8. The first-order valence-electron chi connectivity index (χ1n) is 11.6. The lowest BCUT2D eigenvalue weighted by atomic mass is 9.91. The van der Waals surface area contributed by atoms with E-state index in [4.69, 9.17) is 9.47 Å². The van der Waals surface area contributed by atoms with Gasteiger partial charge in [-0.15, -0.1) is 0 Å². The zero-order valence-electron chi connectivity index (χ0n) is 19.6. The molecule has 7 heteroatoms. The molecular weight excluding hydrogens is 404 g/mol. The molecule has 1 aromatic heterocycles. The highest BCUT2D eigenvalue weighted by Gasteiger charge is 2.49. The number of anilines is 3. The molecule has 1 N–H and O–H groups in total. The average molecular weight is 439 g/mol.